The first-order valence-electron chi connectivity index (χ1n) is 5.87. The zero-order valence-electron chi connectivity index (χ0n) is 10.9. The van der Waals surface area contributed by atoms with Crippen LogP contribution < -0.4 is 4.72 Å². The molecule has 6 nitrogen and oxygen atoms in total. The van der Waals surface area contributed by atoms with Crippen molar-refractivity contribution in [3.8, 4) is 0 Å². The Morgan fingerprint density at radius 2 is 2.11 bits per heavy atom. The summed E-state index contributed by atoms with van der Waals surface area (Å²) in [5.41, 5.74) is 0. The average Bonchev–Trinajstić information content (AvgIpc) is 2.96. The first-order chi connectivity index (χ1) is 8.92. The van der Waals surface area contributed by atoms with Crippen LogP contribution in [-0.4, -0.2) is 18.6 Å². The summed E-state index contributed by atoms with van der Waals surface area (Å²) in [5.74, 6) is 0.456. The molecule has 0 fully saturated rings. The zero-order valence-corrected chi connectivity index (χ0v) is 12.5. The topological polar surface area (TPSA) is 85.1 Å². The maximum absolute atomic E-state index is 12.1. The summed E-state index contributed by atoms with van der Waals surface area (Å²) in [5, 5.41) is 7.45. The van der Waals surface area contributed by atoms with Crippen molar-refractivity contribution in [2.75, 3.05) is 4.72 Å². The number of aryl methyl sites for hydroxylation is 1. The van der Waals surface area contributed by atoms with E-state index in [1.807, 2.05) is 20.8 Å². The van der Waals surface area contributed by atoms with Crippen LogP contribution >= 0.6 is 11.3 Å². The van der Waals surface area contributed by atoms with E-state index in [9.17, 15) is 8.42 Å². The summed E-state index contributed by atoms with van der Waals surface area (Å²) in [6.45, 7) is 5.75. The molecule has 0 aromatic carbocycles. The van der Waals surface area contributed by atoms with Crippen LogP contribution in [-0.2, 0) is 16.4 Å². The summed E-state index contributed by atoms with van der Waals surface area (Å²) in [4.78, 5) is 1.01. The van der Waals surface area contributed by atoms with Crippen LogP contribution in [0.2, 0.25) is 0 Å². The van der Waals surface area contributed by atoms with Crippen LogP contribution in [0.3, 0.4) is 0 Å². The van der Waals surface area contributed by atoms with E-state index in [4.69, 9.17) is 4.42 Å². The van der Waals surface area contributed by atoms with Gasteiger partial charge in [0.25, 0.3) is 10.0 Å². The lowest BCUT2D eigenvalue weighted by molar-refractivity contribution is 0.483. The van der Waals surface area contributed by atoms with Crippen molar-refractivity contribution in [1.29, 1.82) is 0 Å². The molecule has 2 aromatic rings. The molecule has 0 aliphatic heterocycles. The van der Waals surface area contributed by atoms with E-state index in [0.717, 1.165) is 11.3 Å². The van der Waals surface area contributed by atoms with Gasteiger partial charge < -0.3 is 4.42 Å². The molecular formula is C11H15N3O3S2. The van der Waals surface area contributed by atoms with Crippen molar-refractivity contribution >= 4 is 27.4 Å². The van der Waals surface area contributed by atoms with Gasteiger partial charge in [-0.05, 0) is 18.6 Å². The van der Waals surface area contributed by atoms with E-state index in [2.05, 4.69) is 14.9 Å². The van der Waals surface area contributed by atoms with Gasteiger partial charge in [0.05, 0.1) is 0 Å². The van der Waals surface area contributed by atoms with E-state index >= 15 is 0 Å². The third kappa shape index (κ3) is 3.13. The molecule has 0 unspecified atom stereocenters. The summed E-state index contributed by atoms with van der Waals surface area (Å²) in [7, 11) is -3.64. The number of rotatable bonds is 5. The fourth-order valence-electron chi connectivity index (χ4n) is 1.37. The number of nitrogens with zero attached hydrogens (tertiary/aromatic N) is 2. The molecular weight excluding hydrogens is 286 g/mol. The smallest absolute Gasteiger partial charge is 0.329 e. The Kier molecular flexibility index (Phi) is 3.91. The summed E-state index contributed by atoms with van der Waals surface area (Å²) >= 11 is 1.23. The molecule has 0 saturated carbocycles. The number of anilines is 1. The van der Waals surface area contributed by atoms with Crippen molar-refractivity contribution < 1.29 is 12.8 Å². The fraction of sp³-hybridized carbons (Fsp3) is 0.455. The highest BCUT2D eigenvalue weighted by molar-refractivity contribution is 7.94. The van der Waals surface area contributed by atoms with E-state index in [1.54, 1.807) is 12.1 Å². The molecule has 0 bridgehead atoms. The lowest BCUT2D eigenvalue weighted by Gasteiger charge is -2.00. The molecule has 0 aliphatic rings. The number of nitrogens with one attached hydrogen (secondary N) is 1. The van der Waals surface area contributed by atoms with E-state index in [0.29, 0.717) is 5.89 Å². The van der Waals surface area contributed by atoms with Gasteiger partial charge in [-0.1, -0.05) is 25.9 Å². The van der Waals surface area contributed by atoms with Crippen molar-refractivity contribution in [2.24, 2.45) is 0 Å². The molecule has 0 aliphatic carbocycles. The van der Waals surface area contributed by atoms with E-state index in [-0.39, 0.29) is 16.1 Å². The Hall–Kier alpha value is -1.41. The van der Waals surface area contributed by atoms with Crippen LogP contribution in [0.1, 0.15) is 37.5 Å². The SMILES string of the molecule is CCc1ccc(S(=O)(=O)Nc2nnc(C(C)C)o2)s1. The Morgan fingerprint density at radius 3 is 2.63 bits per heavy atom. The standard InChI is InChI=1S/C11H15N3O3S2/c1-4-8-5-6-9(18-8)19(15,16)14-11-13-12-10(17-11)7(2)3/h5-7H,4H2,1-3H3,(H,13,14). The van der Waals surface area contributed by atoms with Gasteiger partial charge in [-0.25, -0.2) is 13.1 Å². The molecule has 104 valence electrons. The first kappa shape index (κ1) is 14.0. The molecule has 8 heteroatoms. The van der Waals surface area contributed by atoms with Gasteiger partial charge in [-0.2, -0.15) is 0 Å². The predicted octanol–water partition coefficient (Wildman–Crippen LogP) is 2.62. The fourth-order valence-corrected chi connectivity index (χ4v) is 3.59. The lowest BCUT2D eigenvalue weighted by Crippen LogP contribution is -2.11. The maximum Gasteiger partial charge on any atom is 0.329 e. The van der Waals surface area contributed by atoms with Crippen LogP contribution in [0, 0.1) is 0 Å². The molecule has 0 spiro atoms. The molecule has 2 aromatic heterocycles. The van der Waals surface area contributed by atoms with E-state index in [1.165, 1.54) is 11.3 Å². The van der Waals surface area contributed by atoms with Crippen molar-refractivity contribution in [3.63, 3.8) is 0 Å². The Bertz CT molecular complexity index is 658. The minimum absolute atomic E-state index is 0.0548. The summed E-state index contributed by atoms with van der Waals surface area (Å²) in [6, 6.07) is 3.27. The number of hydrogen-bond donors (Lipinski definition) is 1. The largest absolute Gasteiger partial charge is 0.407 e. The van der Waals surface area contributed by atoms with Crippen LogP contribution in [0.4, 0.5) is 6.01 Å². The summed E-state index contributed by atoms with van der Waals surface area (Å²) < 4.78 is 31.9. The van der Waals surface area contributed by atoms with Gasteiger partial charge in [0.15, 0.2) is 0 Å². The van der Waals surface area contributed by atoms with Crippen molar-refractivity contribution in [3.05, 3.63) is 22.9 Å². The average molecular weight is 301 g/mol. The third-order valence-corrected chi connectivity index (χ3v) is 5.45. The molecule has 19 heavy (non-hydrogen) atoms. The third-order valence-electron chi connectivity index (χ3n) is 2.41. The monoisotopic (exact) mass is 301 g/mol. The minimum Gasteiger partial charge on any atom is -0.407 e. The molecule has 0 saturated heterocycles. The van der Waals surface area contributed by atoms with Gasteiger partial charge in [0.2, 0.25) is 5.89 Å². The quantitative estimate of drug-likeness (QED) is 0.917. The summed E-state index contributed by atoms with van der Waals surface area (Å²) in [6.07, 6.45) is 0.804. The molecule has 0 amide bonds. The lowest BCUT2D eigenvalue weighted by atomic mass is 10.2. The van der Waals surface area contributed by atoms with Crippen LogP contribution in [0.25, 0.3) is 0 Å². The van der Waals surface area contributed by atoms with Crippen LogP contribution in [0.5, 0.6) is 0 Å². The highest BCUT2D eigenvalue weighted by Gasteiger charge is 2.20. The number of thiophene rings is 1. The second kappa shape index (κ2) is 5.30. The second-order valence-corrected chi connectivity index (χ2v) is 7.36. The Labute approximate surface area is 115 Å². The molecule has 2 heterocycles. The van der Waals surface area contributed by atoms with Gasteiger partial charge in [-0.15, -0.1) is 16.4 Å². The van der Waals surface area contributed by atoms with Gasteiger partial charge in [-0.3, -0.25) is 0 Å². The molecule has 1 N–H and O–H groups in total. The van der Waals surface area contributed by atoms with Gasteiger partial charge >= 0.3 is 6.01 Å². The molecule has 0 radical (unpaired) electrons. The number of aromatic nitrogens is 2. The Balaban J connectivity index is 2.20. The molecule has 2 rings (SSSR count). The number of hydrogen-bond acceptors (Lipinski definition) is 6. The van der Waals surface area contributed by atoms with E-state index < -0.39 is 10.0 Å². The van der Waals surface area contributed by atoms with Crippen molar-refractivity contribution in [1.82, 2.24) is 10.2 Å². The highest BCUT2D eigenvalue weighted by Crippen LogP contribution is 2.24. The van der Waals surface area contributed by atoms with Crippen molar-refractivity contribution in [2.45, 2.75) is 37.3 Å². The normalized spacial score (nSPS) is 12.0. The number of sulfonamides is 1. The second-order valence-electron chi connectivity index (χ2n) is 4.28. The zero-order chi connectivity index (χ0) is 14.0. The first-order valence-corrected chi connectivity index (χ1v) is 8.17. The molecule has 0 atom stereocenters. The Morgan fingerprint density at radius 1 is 1.37 bits per heavy atom. The predicted molar refractivity (Wildman–Crippen MR) is 72.9 cm³/mol. The minimum atomic E-state index is -3.64. The van der Waals surface area contributed by atoms with Gasteiger partial charge in [0, 0.05) is 10.8 Å². The van der Waals surface area contributed by atoms with Gasteiger partial charge in [0.1, 0.15) is 4.21 Å². The van der Waals surface area contributed by atoms with Crippen LogP contribution in [0.15, 0.2) is 20.8 Å². The maximum atomic E-state index is 12.1. The highest BCUT2D eigenvalue weighted by atomic mass is 32.2.